The van der Waals surface area contributed by atoms with Gasteiger partial charge in [0.05, 0.1) is 22.3 Å². The number of carboxylic acid groups (broad SMARTS) is 1. The number of carbonyl (C=O) groups excluding carboxylic acids is 1. The fourth-order valence-corrected chi connectivity index (χ4v) is 4.10. The minimum Gasteiger partial charge on any atom is -0.491 e. The molecule has 0 bridgehead atoms. The summed E-state index contributed by atoms with van der Waals surface area (Å²) in [5.41, 5.74) is 0.737. The van der Waals surface area contributed by atoms with E-state index in [1.54, 1.807) is 30.3 Å². The zero-order valence-electron chi connectivity index (χ0n) is 20.8. The summed E-state index contributed by atoms with van der Waals surface area (Å²) in [5.74, 6) is -1.72. The number of carbonyl (C=O) groups is 2. The number of aromatic carboxylic acids is 1. The number of hydrogen-bond acceptors (Lipinski definition) is 5. The van der Waals surface area contributed by atoms with Crippen LogP contribution in [0.25, 0.3) is 16.6 Å². The quantitative estimate of drug-likeness (QED) is 0.232. The molecule has 12 heteroatoms. The Morgan fingerprint density at radius 3 is 2.18 bits per heavy atom. The standard InChI is InChI=1S/C27H22ClF3N2O6/c1-14(2)37-17-6-4-16(5-7-17)33-22-11-9-18(12-20(22)24(32-15(3)34)25(33)26(35)36)38-19-8-10-21(28)23(13-19)39-27(29,30)31/h4-14H,1-3H3,(H,32,34)(H,35,36). The van der Waals surface area contributed by atoms with Gasteiger partial charge in [-0.3, -0.25) is 4.79 Å². The molecule has 4 rings (SSSR count). The van der Waals surface area contributed by atoms with Gasteiger partial charge in [-0.2, -0.15) is 0 Å². The molecule has 0 atom stereocenters. The monoisotopic (exact) mass is 562 g/mol. The van der Waals surface area contributed by atoms with Crippen LogP contribution >= 0.6 is 11.6 Å². The maximum absolute atomic E-state index is 12.7. The molecule has 2 N–H and O–H groups in total. The predicted molar refractivity (Wildman–Crippen MR) is 139 cm³/mol. The van der Waals surface area contributed by atoms with Gasteiger partial charge in [0, 0.05) is 24.1 Å². The molecule has 0 aliphatic rings. The average molecular weight is 563 g/mol. The zero-order valence-corrected chi connectivity index (χ0v) is 21.6. The Balaban J connectivity index is 1.82. The van der Waals surface area contributed by atoms with Crippen molar-refractivity contribution in [1.82, 2.24) is 4.57 Å². The summed E-state index contributed by atoms with van der Waals surface area (Å²) in [4.78, 5) is 24.4. The molecule has 8 nitrogen and oxygen atoms in total. The first kappa shape index (κ1) is 27.6. The van der Waals surface area contributed by atoms with Gasteiger partial charge >= 0.3 is 12.3 Å². The van der Waals surface area contributed by atoms with Gasteiger partial charge in [-0.15, -0.1) is 13.2 Å². The van der Waals surface area contributed by atoms with Crippen molar-refractivity contribution in [3.8, 4) is 28.7 Å². The van der Waals surface area contributed by atoms with Crippen LogP contribution in [0.1, 0.15) is 31.3 Å². The number of benzene rings is 3. The van der Waals surface area contributed by atoms with E-state index >= 15 is 0 Å². The Hall–Kier alpha value is -4.38. The zero-order chi connectivity index (χ0) is 28.5. The lowest BCUT2D eigenvalue weighted by Crippen LogP contribution is -2.17. The number of halogens is 4. The van der Waals surface area contributed by atoms with Crippen molar-refractivity contribution in [3.05, 3.63) is 71.4 Å². The third-order valence-electron chi connectivity index (χ3n) is 5.27. The van der Waals surface area contributed by atoms with E-state index in [0.717, 1.165) is 6.07 Å². The molecule has 0 saturated heterocycles. The van der Waals surface area contributed by atoms with E-state index < -0.39 is 24.0 Å². The van der Waals surface area contributed by atoms with Crippen molar-refractivity contribution in [3.63, 3.8) is 0 Å². The summed E-state index contributed by atoms with van der Waals surface area (Å²) in [6, 6.07) is 14.8. The highest BCUT2D eigenvalue weighted by Gasteiger charge is 2.32. The molecule has 39 heavy (non-hydrogen) atoms. The lowest BCUT2D eigenvalue weighted by Gasteiger charge is -2.13. The third kappa shape index (κ3) is 6.37. The largest absolute Gasteiger partial charge is 0.573 e. The number of nitrogens with one attached hydrogen (secondary N) is 1. The van der Waals surface area contributed by atoms with Crippen molar-refractivity contribution < 1.29 is 42.1 Å². The van der Waals surface area contributed by atoms with Gasteiger partial charge in [-0.05, 0) is 68.4 Å². The second-order valence-electron chi connectivity index (χ2n) is 8.63. The average Bonchev–Trinajstić information content (AvgIpc) is 3.13. The summed E-state index contributed by atoms with van der Waals surface area (Å²) in [6.45, 7) is 5.00. The van der Waals surface area contributed by atoms with Crippen molar-refractivity contribution in [2.24, 2.45) is 0 Å². The highest BCUT2D eigenvalue weighted by atomic mass is 35.5. The van der Waals surface area contributed by atoms with Gasteiger partial charge < -0.3 is 29.2 Å². The lowest BCUT2D eigenvalue weighted by atomic mass is 10.2. The van der Waals surface area contributed by atoms with E-state index in [1.807, 2.05) is 13.8 Å². The maximum atomic E-state index is 12.7. The minimum absolute atomic E-state index is 0.0160. The van der Waals surface area contributed by atoms with Crippen LogP contribution in [0.2, 0.25) is 5.02 Å². The predicted octanol–water partition coefficient (Wildman–Crippen LogP) is 7.42. The van der Waals surface area contributed by atoms with Crippen LogP contribution in [0.15, 0.2) is 60.7 Å². The van der Waals surface area contributed by atoms with E-state index in [4.69, 9.17) is 21.1 Å². The number of aromatic nitrogens is 1. The second kappa shape index (κ2) is 10.8. The Kier molecular flexibility index (Phi) is 7.64. The van der Waals surface area contributed by atoms with Crippen molar-refractivity contribution >= 4 is 40.1 Å². The fraction of sp³-hybridized carbons (Fsp3) is 0.185. The van der Waals surface area contributed by atoms with Gasteiger partial charge in [0.1, 0.15) is 17.2 Å². The normalized spacial score (nSPS) is 11.5. The van der Waals surface area contributed by atoms with Crippen LogP contribution in [0.5, 0.6) is 23.0 Å². The number of rotatable bonds is 8. The van der Waals surface area contributed by atoms with Crippen LogP contribution in [-0.4, -0.2) is 34.0 Å². The van der Waals surface area contributed by atoms with Crippen LogP contribution < -0.4 is 19.5 Å². The van der Waals surface area contributed by atoms with Crippen LogP contribution in [-0.2, 0) is 4.79 Å². The smallest absolute Gasteiger partial charge is 0.491 e. The van der Waals surface area contributed by atoms with E-state index in [9.17, 15) is 27.9 Å². The Bertz CT molecular complexity index is 1550. The summed E-state index contributed by atoms with van der Waals surface area (Å²) >= 11 is 5.81. The molecule has 1 amide bonds. The molecule has 0 unspecified atom stereocenters. The van der Waals surface area contributed by atoms with Crippen molar-refractivity contribution in [1.29, 1.82) is 0 Å². The summed E-state index contributed by atoms with van der Waals surface area (Å²) in [6.07, 6.45) is -5.01. The molecular formula is C27H22ClF3N2O6. The summed E-state index contributed by atoms with van der Waals surface area (Å²) in [7, 11) is 0. The second-order valence-corrected chi connectivity index (χ2v) is 9.03. The van der Waals surface area contributed by atoms with Gasteiger partial charge in [-0.25, -0.2) is 4.79 Å². The number of alkyl halides is 3. The highest BCUT2D eigenvalue weighted by Crippen LogP contribution is 2.39. The maximum Gasteiger partial charge on any atom is 0.573 e. The van der Waals surface area contributed by atoms with Gasteiger partial charge in [-0.1, -0.05) is 11.6 Å². The first-order valence-electron chi connectivity index (χ1n) is 11.5. The first-order chi connectivity index (χ1) is 18.3. The number of fused-ring (bicyclic) bond motifs is 1. The Labute approximate surface area is 225 Å². The molecule has 0 spiro atoms. The number of nitrogens with zero attached hydrogens (tertiary/aromatic N) is 1. The van der Waals surface area contributed by atoms with E-state index in [-0.39, 0.29) is 34.0 Å². The van der Waals surface area contributed by atoms with Gasteiger partial charge in [0.25, 0.3) is 0 Å². The van der Waals surface area contributed by atoms with Crippen molar-refractivity contribution in [2.75, 3.05) is 5.32 Å². The molecule has 3 aromatic carbocycles. The SMILES string of the molecule is CC(=O)Nc1c(C(=O)O)n(-c2ccc(OC(C)C)cc2)c2ccc(Oc3ccc(Cl)c(OC(F)(F)F)c3)cc12. The molecule has 1 heterocycles. The molecule has 0 aliphatic carbocycles. The molecule has 0 fully saturated rings. The number of anilines is 1. The third-order valence-corrected chi connectivity index (χ3v) is 5.59. The molecule has 0 saturated carbocycles. The topological polar surface area (TPSA) is 99.0 Å². The summed E-state index contributed by atoms with van der Waals surface area (Å²) in [5, 5.41) is 12.7. The first-order valence-corrected chi connectivity index (χ1v) is 11.9. The fourth-order valence-electron chi connectivity index (χ4n) is 3.94. The van der Waals surface area contributed by atoms with Crippen molar-refractivity contribution in [2.45, 2.75) is 33.2 Å². The van der Waals surface area contributed by atoms with Gasteiger partial charge in [0.15, 0.2) is 11.4 Å². The Morgan fingerprint density at radius 1 is 0.974 bits per heavy atom. The number of ether oxygens (including phenoxy) is 3. The van der Waals surface area contributed by atoms with E-state index in [1.165, 1.54) is 35.8 Å². The minimum atomic E-state index is -4.95. The number of carboxylic acids is 1. The van der Waals surface area contributed by atoms with Crippen LogP contribution in [0, 0.1) is 0 Å². The van der Waals surface area contributed by atoms with Crippen LogP contribution in [0.3, 0.4) is 0 Å². The number of hydrogen-bond donors (Lipinski definition) is 2. The van der Waals surface area contributed by atoms with E-state index in [2.05, 4.69) is 10.1 Å². The molecule has 0 aliphatic heterocycles. The van der Waals surface area contributed by atoms with E-state index in [0.29, 0.717) is 22.3 Å². The molecule has 4 aromatic rings. The molecular weight excluding hydrogens is 541 g/mol. The molecule has 204 valence electrons. The van der Waals surface area contributed by atoms with Crippen LogP contribution in [0.4, 0.5) is 18.9 Å². The lowest BCUT2D eigenvalue weighted by molar-refractivity contribution is -0.274. The number of amides is 1. The highest BCUT2D eigenvalue weighted by molar-refractivity contribution is 6.32. The molecule has 1 aromatic heterocycles. The van der Waals surface area contributed by atoms with Gasteiger partial charge in [0.2, 0.25) is 5.91 Å². The summed E-state index contributed by atoms with van der Waals surface area (Å²) < 4.78 is 54.9. The molecule has 0 radical (unpaired) electrons. The Morgan fingerprint density at radius 2 is 1.59 bits per heavy atom.